The summed E-state index contributed by atoms with van der Waals surface area (Å²) in [6.45, 7) is 0.463. The van der Waals surface area contributed by atoms with Gasteiger partial charge in [-0.1, -0.05) is 34.1 Å². The lowest BCUT2D eigenvalue weighted by Crippen LogP contribution is -2.30. The number of carbonyl (C=O) groups is 1. The van der Waals surface area contributed by atoms with Crippen molar-refractivity contribution in [2.24, 2.45) is 7.05 Å². The van der Waals surface area contributed by atoms with Gasteiger partial charge in [0.05, 0.1) is 0 Å². The van der Waals surface area contributed by atoms with Crippen LogP contribution in [0.1, 0.15) is 16.1 Å². The van der Waals surface area contributed by atoms with Crippen LogP contribution in [0, 0.1) is 0 Å². The minimum absolute atomic E-state index is 0.226. The number of halogens is 1. The summed E-state index contributed by atoms with van der Waals surface area (Å²) in [4.78, 5) is 25.1. The highest BCUT2D eigenvalue weighted by Gasteiger charge is 2.15. The van der Waals surface area contributed by atoms with E-state index in [9.17, 15) is 9.59 Å². The molecule has 1 heterocycles. The Morgan fingerprint density at radius 2 is 2.00 bits per heavy atom. The van der Waals surface area contributed by atoms with E-state index in [4.69, 9.17) is 0 Å². The zero-order valence-electron chi connectivity index (χ0n) is 11.2. The van der Waals surface area contributed by atoms with Gasteiger partial charge >= 0.3 is 0 Å². The lowest BCUT2D eigenvalue weighted by Gasteiger charge is -2.17. The minimum atomic E-state index is -0.241. The molecule has 2 rings (SSSR count). The van der Waals surface area contributed by atoms with E-state index in [-0.39, 0.29) is 17.2 Å². The Balaban J connectivity index is 2.18. The third kappa shape index (κ3) is 3.14. The molecular formula is C14H14BrN3O2. The maximum Gasteiger partial charge on any atom is 0.274 e. The van der Waals surface area contributed by atoms with Crippen LogP contribution in [0.3, 0.4) is 0 Å². The van der Waals surface area contributed by atoms with Crippen molar-refractivity contribution in [3.8, 4) is 0 Å². The molecule has 5 nitrogen and oxygen atoms in total. The second-order valence-corrected chi connectivity index (χ2v) is 5.29. The maximum absolute atomic E-state index is 12.3. The van der Waals surface area contributed by atoms with Crippen molar-refractivity contribution in [1.82, 2.24) is 14.7 Å². The van der Waals surface area contributed by atoms with Gasteiger partial charge in [0.15, 0.2) is 0 Å². The highest BCUT2D eigenvalue weighted by atomic mass is 79.9. The molecule has 0 saturated carbocycles. The van der Waals surface area contributed by atoms with Gasteiger partial charge in [0, 0.05) is 31.2 Å². The number of aryl methyl sites for hydroxylation is 1. The van der Waals surface area contributed by atoms with Gasteiger partial charge in [-0.25, -0.2) is 4.68 Å². The molecule has 6 heteroatoms. The molecule has 0 bridgehead atoms. The SMILES string of the molecule is CN(Cc1ccccc1Br)C(=O)c1ccc(=O)n(C)n1. The average molecular weight is 336 g/mol. The van der Waals surface area contributed by atoms with E-state index in [1.165, 1.54) is 19.2 Å². The molecule has 0 aliphatic rings. The predicted octanol–water partition coefficient (Wildman–Crippen LogP) is 1.81. The molecule has 0 unspecified atom stereocenters. The zero-order chi connectivity index (χ0) is 14.7. The first-order valence-corrected chi connectivity index (χ1v) is 6.81. The van der Waals surface area contributed by atoms with Gasteiger partial charge < -0.3 is 4.90 Å². The van der Waals surface area contributed by atoms with Gasteiger partial charge in [-0.15, -0.1) is 0 Å². The summed E-state index contributed by atoms with van der Waals surface area (Å²) in [5.74, 6) is -0.226. The molecule has 1 aromatic carbocycles. The zero-order valence-corrected chi connectivity index (χ0v) is 12.8. The Kier molecular flexibility index (Phi) is 4.34. The van der Waals surface area contributed by atoms with Crippen molar-refractivity contribution >= 4 is 21.8 Å². The largest absolute Gasteiger partial charge is 0.336 e. The summed E-state index contributed by atoms with van der Waals surface area (Å²) < 4.78 is 2.10. The Hall–Kier alpha value is -1.95. The predicted molar refractivity (Wildman–Crippen MR) is 79.4 cm³/mol. The molecule has 104 valence electrons. The fourth-order valence-electron chi connectivity index (χ4n) is 1.77. The summed E-state index contributed by atoms with van der Waals surface area (Å²) in [5, 5.41) is 3.96. The highest BCUT2D eigenvalue weighted by Crippen LogP contribution is 2.17. The molecule has 0 N–H and O–H groups in total. The van der Waals surface area contributed by atoms with Gasteiger partial charge in [-0.3, -0.25) is 9.59 Å². The van der Waals surface area contributed by atoms with Crippen molar-refractivity contribution in [2.45, 2.75) is 6.54 Å². The molecule has 1 aromatic heterocycles. The first-order chi connectivity index (χ1) is 9.49. The average Bonchev–Trinajstić information content (AvgIpc) is 2.43. The molecule has 0 spiro atoms. The molecule has 0 atom stereocenters. The van der Waals surface area contributed by atoms with E-state index in [0.717, 1.165) is 14.7 Å². The molecule has 0 saturated heterocycles. The van der Waals surface area contributed by atoms with Gasteiger partial charge in [0.2, 0.25) is 0 Å². The number of hydrogen-bond acceptors (Lipinski definition) is 3. The molecule has 2 aromatic rings. The van der Waals surface area contributed by atoms with Crippen LogP contribution in [-0.4, -0.2) is 27.6 Å². The molecular weight excluding hydrogens is 322 g/mol. The second-order valence-electron chi connectivity index (χ2n) is 4.43. The fraction of sp³-hybridized carbons (Fsp3) is 0.214. The van der Waals surface area contributed by atoms with Gasteiger partial charge in [-0.2, -0.15) is 5.10 Å². The number of aromatic nitrogens is 2. The second kappa shape index (κ2) is 6.00. The Bertz CT molecular complexity index is 697. The van der Waals surface area contributed by atoms with Gasteiger partial charge in [0.1, 0.15) is 5.69 Å². The van der Waals surface area contributed by atoms with Crippen molar-refractivity contribution in [3.05, 3.63) is 62.5 Å². The molecule has 20 heavy (non-hydrogen) atoms. The highest BCUT2D eigenvalue weighted by molar-refractivity contribution is 9.10. The monoisotopic (exact) mass is 335 g/mol. The Morgan fingerprint density at radius 1 is 1.30 bits per heavy atom. The number of rotatable bonds is 3. The Morgan fingerprint density at radius 3 is 2.65 bits per heavy atom. The molecule has 0 radical (unpaired) electrons. The normalized spacial score (nSPS) is 10.3. The van der Waals surface area contributed by atoms with Crippen LogP contribution < -0.4 is 5.56 Å². The first-order valence-electron chi connectivity index (χ1n) is 6.02. The van der Waals surface area contributed by atoms with Crippen LogP contribution in [0.5, 0.6) is 0 Å². The number of benzene rings is 1. The topological polar surface area (TPSA) is 55.2 Å². The van der Waals surface area contributed by atoms with Crippen LogP contribution in [0.2, 0.25) is 0 Å². The van der Waals surface area contributed by atoms with Crippen LogP contribution in [0.15, 0.2) is 45.7 Å². The van der Waals surface area contributed by atoms with E-state index < -0.39 is 0 Å². The molecule has 0 fully saturated rings. The minimum Gasteiger partial charge on any atom is -0.336 e. The van der Waals surface area contributed by atoms with E-state index in [2.05, 4.69) is 21.0 Å². The third-order valence-electron chi connectivity index (χ3n) is 2.89. The summed E-state index contributed by atoms with van der Waals surface area (Å²) in [7, 11) is 3.22. The van der Waals surface area contributed by atoms with Crippen molar-refractivity contribution in [1.29, 1.82) is 0 Å². The van der Waals surface area contributed by atoms with E-state index in [0.29, 0.717) is 6.54 Å². The van der Waals surface area contributed by atoms with E-state index in [1.54, 1.807) is 11.9 Å². The number of carbonyl (C=O) groups excluding carboxylic acids is 1. The van der Waals surface area contributed by atoms with Gasteiger partial charge in [-0.05, 0) is 17.7 Å². The smallest absolute Gasteiger partial charge is 0.274 e. The van der Waals surface area contributed by atoms with Crippen LogP contribution in [0.4, 0.5) is 0 Å². The lowest BCUT2D eigenvalue weighted by atomic mass is 10.2. The third-order valence-corrected chi connectivity index (χ3v) is 3.67. The number of hydrogen-bond donors (Lipinski definition) is 0. The quantitative estimate of drug-likeness (QED) is 0.859. The maximum atomic E-state index is 12.3. The number of nitrogens with zero attached hydrogens (tertiary/aromatic N) is 3. The van der Waals surface area contributed by atoms with E-state index in [1.807, 2.05) is 24.3 Å². The van der Waals surface area contributed by atoms with Crippen LogP contribution in [0.25, 0.3) is 0 Å². The summed E-state index contributed by atoms with van der Waals surface area (Å²) >= 11 is 3.45. The van der Waals surface area contributed by atoms with Crippen LogP contribution >= 0.6 is 15.9 Å². The fourth-order valence-corrected chi connectivity index (χ4v) is 2.18. The summed E-state index contributed by atoms with van der Waals surface area (Å²) in [6.07, 6.45) is 0. The first kappa shape index (κ1) is 14.5. The van der Waals surface area contributed by atoms with Crippen molar-refractivity contribution in [2.75, 3.05) is 7.05 Å². The molecule has 0 aliphatic heterocycles. The van der Waals surface area contributed by atoms with Crippen molar-refractivity contribution in [3.63, 3.8) is 0 Å². The molecule has 1 amide bonds. The summed E-state index contributed by atoms with van der Waals surface area (Å²) in [6, 6.07) is 10.5. The number of amides is 1. The lowest BCUT2D eigenvalue weighted by molar-refractivity contribution is 0.0776. The molecule has 0 aliphatic carbocycles. The van der Waals surface area contributed by atoms with E-state index >= 15 is 0 Å². The van der Waals surface area contributed by atoms with Crippen LogP contribution in [-0.2, 0) is 13.6 Å². The Labute approximate surface area is 125 Å². The standard InChI is InChI=1S/C14H14BrN3O2/c1-17(9-10-5-3-4-6-11(10)15)14(20)12-7-8-13(19)18(2)16-12/h3-8H,9H2,1-2H3. The van der Waals surface area contributed by atoms with Crippen molar-refractivity contribution < 1.29 is 4.79 Å². The summed E-state index contributed by atoms with van der Waals surface area (Å²) in [5.41, 5.74) is 1.02. The van der Waals surface area contributed by atoms with Gasteiger partial charge in [0.25, 0.3) is 11.5 Å².